The van der Waals surface area contributed by atoms with E-state index in [4.69, 9.17) is 4.74 Å². The van der Waals surface area contributed by atoms with Gasteiger partial charge in [-0.05, 0) is 489 Å². The number of piperazine rings is 1. The van der Waals surface area contributed by atoms with E-state index in [0.29, 0.717) is 43.6 Å². The summed E-state index contributed by atoms with van der Waals surface area (Å²) in [6.07, 6.45) is 1.33. The van der Waals surface area contributed by atoms with E-state index >= 15 is 0 Å². The molecule has 0 amide bonds. The molecule has 15 rings (SSSR count). The van der Waals surface area contributed by atoms with Crippen molar-refractivity contribution < 1.29 is 4.74 Å². The van der Waals surface area contributed by atoms with Crippen LogP contribution >= 0.6 is 11.8 Å². The Bertz CT molecular complexity index is 5290. The fraction of sp³-hybridized carbons (Fsp3) is 0.829. The average molecular weight is 1970 g/mol. The Morgan fingerprint density at radius 1 is 0.220 bits per heavy atom. The van der Waals surface area contributed by atoms with Crippen LogP contribution in [0.1, 0.15) is 451 Å². The van der Waals surface area contributed by atoms with E-state index in [-0.39, 0.29) is 103 Å². The lowest BCUT2D eigenvalue weighted by Gasteiger charge is -2.79. The summed E-state index contributed by atoms with van der Waals surface area (Å²) in [6, 6.07) is 0. The maximum Gasteiger partial charge on any atom is 0.182 e. The first-order valence-corrected chi connectivity index (χ1v) is 54.6. The van der Waals surface area contributed by atoms with Gasteiger partial charge in [-0.25, -0.2) is 34.9 Å². The highest BCUT2D eigenvalue weighted by Gasteiger charge is 2.77. The number of hydrogen-bond donors (Lipinski definition) is 0. The summed E-state index contributed by atoms with van der Waals surface area (Å²) in [5.74, 6) is 0.787. The molecule has 6 aromatic heterocycles. The molecule has 0 N–H and O–H groups in total. The molecule has 806 valence electrons. The molecule has 9 fully saturated rings. The van der Waals surface area contributed by atoms with Crippen LogP contribution in [0, 0.1) is 153 Å². The second-order valence-corrected chi connectivity index (χ2v) is 60.7. The number of pyridine rings is 3. The molecule has 0 atom stereocenters. The van der Waals surface area contributed by atoms with Crippen LogP contribution in [-0.4, -0.2) is 226 Å². The van der Waals surface area contributed by atoms with Crippen LogP contribution in [0.2, 0.25) is 0 Å². The minimum atomic E-state index is -0.138. The van der Waals surface area contributed by atoms with Gasteiger partial charge in [0, 0.05) is 121 Å². The Balaban J connectivity index is 0.000000243. The highest BCUT2D eigenvalue weighted by Crippen LogP contribution is 2.75. The molecule has 9 saturated heterocycles. The summed E-state index contributed by atoms with van der Waals surface area (Å²) < 4.78 is 6.88. The van der Waals surface area contributed by atoms with Gasteiger partial charge in [0.2, 0.25) is 0 Å². The highest BCUT2D eigenvalue weighted by atomic mass is 32.2. The van der Waals surface area contributed by atoms with Gasteiger partial charge in [0.15, 0.2) is 16.9 Å². The predicted molar refractivity (Wildman–Crippen MR) is 615 cm³/mol. The fourth-order valence-electron chi connectivity index (χ4n) is 26.7. The van der Waals surface area contributed by atoms with Gasteiger partial charge in [-0.3, -0.25) is 34.3 Å². The van der Waals surface area contributed by atoms with E-state index in [9.17, 15) is 0 Å². The van der Waals surface area contributed by atoms with Gasteiger partial charge in [0.05, 0.1) is 34.0 Å². The van der Waals surface area contributed by atoms with Crippen LogP contribution in [0.4, 0.5) is 0 Å². The zero-order valence-electron chi connectivity index (χ0n) is 106. The monoisotopic (exact) mass is 1970 g/mol. The Morgan fingerprint density at radius 2 is 0.511 bits per heavy atom. The van der Waals surface area contributed by atoms with Gasteiger partial charge in [-0.2, -0.15) is 5.10 Å². The minimum Gasteiger partial charge on any atom is -0.366 e. The van der Waals surface area contributed by atoms with Crippen LogP contribution in [0.15, 0.2) is 0 Å². The minimum absolute atomic E-state index is 0.0337. The SMILES string of the molecule is CC1(C)N2CC(C)(C1(C)C)C(C)(C)C2(C)C.CC1(C)N2CCC(C)(C1(C)C)C(C)(C)C2(C)C.CN1C(C)(C)C(C)(C)C(C)(C)C(C)(C)C1(C)C.CN1C(C)(C)C(C)(C)N(C)C(C)(C)C1(C)C.CN1C(C)(C)C(C)(C)OC(C)(C)C1(C)C.CN1C(C)(C)C(C)(C)SC(C)(C)C1(C)C.Cc1nc(C)c2c(C)c(C)c(C)nc2n1.Cc1nc2nc(C)c(C)c(C)c2nc1C.Cc1nc2nnc(C)c(C)c2c(C)c1C. The van der Waals surface area contributed by atoms with Crippen molar-refractivity contribution in [3.05, 3.63) is 84.6 Å². The summed E-state index contributed by atoms with van der Waals surface area (Å²) in [7, 11) is 11.3. The van der Waals surface area contributed by atoms with E-state index in [0.717, 1.165) is 78.9 Å². The van der Waals surface area contributed by atoms with Gasteiger partial charge >= 0.3 is 0 Å². The summed E-state index contributed by atoms with van der Waals surface area (Å²) in [4.78, 5) is 49.4. The van der Waals surface area contributed by atoms with Crippen molar-refractivity contribution in [2.45, 2.75) is 569 Å². The summed E-state index contributed by atoms with van der Waals surface area (Å²) >= 11 is 2.12. The maximum absolute atomic E-state index is 6.32. The van der Waals surface area contributed by atoms with Gasteiger partial charge in [0.1, 0.15) is 11.3 Å². The van der Waals surface area contributed by atoms with E-state index in [1.54, 1.807) is 0 Å². The smallest absolute Gasteiger partial charge is 0.182 e. The highest BCUT2D eigenvalue weighted by molar-refractivity contribution is 8.02. The van der Waals surface area contributed by atoms with E-state index in [2.05, 4.69) is 535 Å². The number of nitrogens with zero attached hydrogens (tertiary/aromatic N) is 16. The van der Waals surface area contributed by atoms with Crippen LogP contribution in [0.5, 0.6) is 0 Å². The molecule has 4 bridgehead atoms. The molecule has 0 radical (unpaired) electrons. The van der Waals surface area contributed by atoms with E-state index in [1.165, 1.54) is 58.5 Å². The number of likely N-dealkylation sites (N-methyl/N-ethyl adjacent to an activating group) is 3. The predicted octanol–water partition coefficient (Wildman–Crippen LogP) is 30.3. The number of thioether (sulfide) groups is 1. The molecule has 9 aliphatic rings. The number of ether oxygens (including phenoxy) is 1. The van der Waals surface area contributed by atoms with E-state index < -0.39 is 0 Å². The number of rotatable bonds is 0. The van der Waals surface area contributed by atoms with Crippen LogP contribution in [0.25, 0.3) is 33.2 Å². The summed E-state index contributed by atoms with van der Waals surface area (Å²) in [5.41, 5.74) is 24.3. The molecule has 0 saturated carbocycles. The van der Waals surface area contributed by atoms with Crippen molar-refractivity contribution >= 4 is 45.0 Å². The van der Waals surface area contributed by atoms with Crippen molar-refractivity contribution in [1.82, 2.24) is 79.4 Å². The number of fused-ring (bicyclic) bond motifs is 8. The number of hydrogen-bond acceptors (Lipinski definition) is 18. The van der Waals surface area contributed by atoms with Gasteiger partial charge in [0.25, 0.3) is 0 Å². The first-order chi connectivity index (χ1) is 61.9. The summed E-state index contributed by atoms with van der Waals surface area (Å²) in [5, 5.41) is 10.5. The molecule has 17 nitrogen and oxygen atoms in total. The molecule has 15 heterocycles. The average Bonchev–Trinajstić information content (AvgIpc) is 1.54. The third-order valence-electron chi connectivity index (χ3n) is 49.3. The van der Waals surface area contributed by atoms with Crippen LogP contribution in [-0.2, 0) is 4.74 Å². The molecule has 0 aromatic carbocycles. The van der Waals surface area contributed by atoms with Crippen molar-refractivity contribution in [1.29, 1.82) is 0 Å². The molecule has 9 aliphatic heterocycles. The number of likely N-dealkylation sites (tertiary alicyclic amines) is 1. The van der Waals surface area contributed by atoms with Gasteiger partial charge in [-0.1, -0.05) is 111 Å². The molecule has 0 spiro atoms. The fourth-order valence-corrected chi connectivity index (χ4v) is 28.7. The quantitative estimate of drug-likeness (QED) is 0.142. The third-order valence-corrected chi connectivity index (χ3v) is 51.3. The molecule has 0 aliphatic carbocycles. The third kappa shape index (κ3) is 18.5. The first-order valence-electron chi connectivity index (χ1n) is 53.8. The second-order valence-electron chi connectivity index (χ2n) is 58.5. The van der Waals surface area contributed by atoms with Crippen LogP contribution < -0.4 is 0 Å². The first kappa shape index (κ1) is 125. The second kappa shape index (κ2) is 37.5. The maximum atomic E-state index is 6.32. The zero-order chi connectivity index (χ0) is 112. The Kier molecular flexibility index (Phi) is 33.3. The Morgan fingerprint density at radius 3 is 0.865 bits per heavy atom. The standard InChI is InChI=1S/C16H31N.C16H33N.C15H29N.C14H30N2.C13H27NO.C13H27NS.3C12H15N3/c1-12(2)14(5,6)17-11-10-16(12,9)13(3,4)15(17,7)8;1-12(2)13(3,4)15(7,8)17(11)16(9,10)14(12,5)6;1-11(2)13(5,6)16-10-15(11,9)12(3,4)14(16,7)8;1-11(2)12(3,4)16(10)14(7,8)13(5,6)15(11)9;2*1-10(2)12(5,6)15-13(7,8)11(3,4)14(10)9;1-6-7(2)11-8(3)10(5)14-15-12(11)13-9(6)4;1-6-7(2)11-9(4)13-10(5)15-12(11)14-8(6)3;1-6-7(2)11-12(14-8(6)3)15-10(5)9(4)13-11/h10-11H2,1-9H3;1-11H3;10H2,1-9H3;1-10H3;2*1-9H3;3*1-5H3. The summed E-state index contributed by atoms with van der Waals surface area (Å²) in [6.45, 7) is 157. The molecular weight excluding hydrogens is 1750 g/mol. The topological polar surface area (TPSA) is 148 Å². The lowest BCUT2D eigenvalue weighted by Crippen LogP contribution is -2.82. The largest absolute Gasteiger partial charge is 0.366 e. The molecule has 18 heteroatoms. The normalized spacial score (nSPS) is 28.8. The Labute approximate surface area is 873 Å². The number of morpholine rings is 1. The van der Waals surface area contributed by atoms with Gasteiger partial charge < -0.3 is 4.74 Å². The molecule has 6 aromatic rings. The number of aryl methyl sites for hydroxylation is 12. The number of piperidine rings is 5. The van der Waals surface area contributed by atoms with Crippen molar-refractivity contribution in [2.75, 3.05) is 48.3 Å². The lowest BCUT2D eigenvalue weighted by atomic mass is 9.37. The molecule has 141 heavy (non-hydrogen) atoms. The van der Waals surface area contributed by atoms with E-state index in [1.807, 2.05) is 55.4 Å². The van der Waals surface area contributed by atoms with Gasteiger partial charge in [-0.15, -0.1) is 16.9 Å². The zero-order valence-corrected chi connectivity index (χ0v) is 107. The van der Waals surface area contributed by atoms with Crippen molar-refractivity contribution in [3.63, 3.8) is 0 Å². The molecular formula is C123H222N16OS. The lowest BCUT2D eigenvalue weighted by molar-refractivity contribution is -0.293. The Hall–Kier alpha value is -4.50. The van der Waals surface area contributed by atoms with Crippen molar-refractivity contribution in [3.8, 4) is 0 Å². The number of aromatic nitrogens is 9. The molecule has 0 unspecified atom stereocenters. The van der Waals surface area contributed by atoms with Crippen LogP contribution in [0.3, 0.4) is 0 Å². The van der Waals surface area contributed by atoms with Crippen molar-refractivity contribution in [2.24, 2.45) is 48.7 Å².